The third-order valence-electron chi connectivity index (χ3n) is 6.87. The zero-order valence-corrected chi connectivity index (χ0v) is 19.3. The number of aryl methyl sites for hydroxylation is 1. The summed E-state index contributed by atoms with van der Waals surface area (Å²) in [6.07, 6.45) is 6.54. The van der Waals surface area contributed by atoms with Crippen LogP contribution in [0.5, 0.6) is 0 Å². The highest BCUT2D eigenvalue weighted by molar-refractivity contribution is 6.01. The molecule has 2 amide bonds. The van der Waals surface area contributed by atoms with Crippen molar-refractivity contribution in [3.8, 4) is 6.07 Å². The van der Waals surface area contributed by atoms with Gasteiger partial charge in [0, 0.05) is 24.2 Å². The second-order valence-electron chi connectivity index (χ2n) is 8.94. The van der Waals surface area contributed by atoms with Crippen molar-refractivity contribution in [3.05, 3.63) is 64.7 Å². The molecular formula is C27H33N3O2. The molecule has 0 aliphatic heterocycles. The molecule has 2 aromatic carbocycles. The van der Waals surface area contributed by atoms with E-state index in [0.717, 1.165) is 44.1 Å². The Morgan fingerprint density at radius 1 is 1.03 bits per heavy atom. The van der Waals surface area contributed by atoms with E-state index in [4.69, 9.17) is 5.26 Å². The number of nitrogens with one attached hydrogen (secondary N) is 2. The SMILES string of the molecule is CNC(=O)Nc1ccc(C)c(C(=O)C(C)C2CCCC(c3ccc(C#N)cc3)CCC2)c1. The molecule has 3 rings (SSSR count). The van der Waals surface area contributed by atoms with Gasteiger partial charge >= 0.3 is 6.03 Å². The third-order valence-corrected chi connectivity index (χ3v) is 6.87. The molecular weight excluding hydrogens is 398 g/mol. The van der Waals surface area contributed by atoms with Crippen LogP contribution in [0.1, 0.15) is 78.4 Å². The summed E-state index contributed by atoms with van der Waals surface area (Å²) in [5.74, 6) is 1.02. The van der Waals surface area contributed by atoms with Crippen molar-refractivity contribution in [3.63, 3.8) is 0 Å². The van der Waals surface area contributed by atoms with Gasteiger partial charge in [-0.25, -0.2) is 4.79 Å². The van der Waals surface area contributed by atoms with Crippen molar-refractivity contribution in [2.75, 3.05) is 12.4 Å². The maximum atomic E-state index is 13.4. The molecule has 1 aliphatic rings. The number of anilines is 1. The molecule has 1 saturated carbocycles. The smallest absolute Gasteiger partial charge is 0.318 e. The van der Waals surface area contributed by atoms with Crippen molar-refractivity contribution in [1.82, 2.24) is 5.32 Å². The van der Waals surface area contributed by atoms with Crippen LogP contribution in [0.25, 0.3) is 0 Å². The highest BCUT2D eigenvalue weighted by Crippen LogP contribution is 2.36. The molecule has 1 unspecified atom stereocenters. The molecule has 2 N–H and O–H groups in total. The molecule has 1 fully saturated rings. The van der Waals surface area contributed by atoms with Gasteiger partial charge in [0.1, 0.15) is 0 Å². The standard InChI is InChI=1S/C27H33N3O2/c1-18-10-15-24(30-27(32)29-3)16-25(18)26(31)19(2)21-6-4-8-22(9-5-7-21)23-13-11-20(17-28)12-14-23/h10-16,19,21-22H,4-9H2,1-3H3,(H2,29,30,32). The zero-order valence-electron chi connectivity index (χ0n) is 19.3. The number of rotatable bonds is 5. The van der Waals surface area contributed by atoms with Crippen LogP contribution in [0.15, 0.2) is 42.5 Å². The van der Waals surface area contributed by atoms with Crippen molar-refractivity contribution >= 4 is 17.5 Å². The summed E-state index contributed by atoms with van der Waals surface area (Å²) in [7, 11) is 1.57. The van der Waals surface area contributed by atoms with Gasteiger partial charge in [-0.2, -0.15) is 5.26 Å². The summed E-state index contributed by atoms with van der Waals surface area (Å²) in [4.78, 5) is 25.0. The number of urea groups is 1. The lowest BCUT2D eigenvalue weighted by atomic mass is 9.76. The van der Waals surface area contributed by atoms with Crippen LogP contribution < -0.4 is 10.6 Å². The molecule has 0 aromatic heterocycles. The van der Waals surface area contributed by atoms with E-state index in [-0.39, 0.29) is 17.7 Å². The number of nitrogens with zero attached hydrogens (tertiary/aromatic N) is 1. The van der Waals surface area contributed by atoms with Crippen LogP contribution in [0.4, 0.5) is 10.5 Å². The first-order chi connectivity index (χ1) is 15.4. The largest absolute Gasteiger partial charge is 0.341 e. The minimum atomic E-state index is -0.294. The summed E-state index contributed by atoms with van der Waals surface area (Å²) in [5, 5.41) is 14.3. The van der Waals surface area contributed by atoms with Gasteiger partial charge in [0.2, 0.25) is 0 Å². The number of carbonyl (C=O) groups is 2. The quantitative estimate of drug-likeness (QED) is 0.554. The summed E-state index contributed by atoms with van der Waals surface area (Å²) in [5.41, 5.74) is 4.30. The van der Waals surface area contributed by atoms with Gasteiger partial charge < -0.3 is 10.6 Å². The first-order valence-electron chi connectivity index (χ1n) is 11.6. The Morgan fingerprint density at radius 3 is 2.28 bits per heavy atom. The first-order valence-corrected chi connectivity index (χ1v) is 11.6. The Kier molecular flexibility index (Phi) is 8.05. The molecule has 168 valence electrons. The highest BCUT2D eigenvalue weighted by Gasteiger charge is 2.28. The molecule has 0 heterocycles. The van der Waals surface area contributed by atoms with E-state index in [1.807, 2.05) is 31.2 Å². The monoisotopic (exact) mass is 431 g/mol. The van der Waals surface area contributed by atoms with Crippen molar-refractivity contribution in [1.29, 1.82) is 5.26 Å². The normalized spacial score (nSPS) is 19.7. The molecule has 0 spiro atoms. The van der Waals surface area contributed by atoms with Gasteiger partial charge in [0.15, 0.2) is 5.78 Å². The van der Waals surface area contributed by atoms with E-state index in [2.05, 4.69) is 35.8 Å². The predicted molar refractivity (Wildman–Crippen MR) is 128 cm³/mol. The summed E-state index contributed by atoms with van der Waals surface area (Å²) < 4.78 is 0. The Labute approximate surface area is 191 Å². The topological polar surface area (TPSA) is 82.0 Å². The number of nitriles is 1. The van der Waals surface area contributed by atoms with Gasteiger partial charge in [-0.05, 0) is 79.8 Å². The Bertz CT molecular complexity index is 981. The molecule has 32 heavy (non-hydrogen) atoms. The second-order valence-corrected chi connectivity index (χ2v) is 8.94. The maximum Gasteiger partial charge on any atom is 0.318 e. The summed E-state index contributed by atoms with van der Waals surface area (Å²) in [6, 6.07) is 15.4. The van der Waals surface area contributed by atoms with E-state index >= 15 is 0 Å². The van der Waals surface area contributed by atoms with E-state index in [9.17, 15) is 9.59 Å². The zero-order chi connectivity index (χ0) is 23.1. The highest BCUT2D eigenvalue weighted by atomic mass is 16.2. The lowest BCUT2D eigenvalue weighted by molar-refractivity contribution is 0.0869. The van der Waals surface area contributed by atoms with Crippen LogP contribution in [0.2, 0.25) is 0 Å². The third kappa shape index (κ3) is 5.76. The molecule has 1 atom stereocenters. The predicted octanol–water partition coefficient (Wildman–Crippen LogP) is 6.19. The lowest BCUT2D eigenvalue weighted by Gasteiger charge is -2.28. The average Bonchev–Trinajstić information content (AvgIpc) is 2.79. The van der Waals surface area contributed by atoms with Crippen molar-refractivity contribution in [2.24, 2.45) is 11.8 Å². The number of Topliss-reactive ketones (excluding diaryl/α,β-unsaturated/α-hetero) is 1. The van der Waals surface area contributed by atoms with Crippen LogP contribution in [-0.4, -0.2) is 18.9 Å². The Hall–Kier alpha value is -3.13. The first kappa shape index (κ1) is 23.5. The van der Waals surface area contributed by atoms with Gasteiger partial charge in [-0.3, -0.25) is 4.79 Å². The van der Waals surface area contributed by atoms with Gasteiger partial charge in [-0.15, -0.1) is 0 Å². The fourth-order valence-corrected chi connectivity index (χ4v) is 4.82. The number of carbonyl (C=O) groups excluding carboxylic acids is 2. The molecule has 0 radical (unpaired) electrons. The van der Waals surface area contributed by atoms with Crippen LogP contribution in [0.3, 0.4) is 0 Å². The number of ketones is 1. The molecule has 2 aromatic rings. The van der Waals surface area contributed by atoms with Crippen LogP contribution >= 0.6 is 0 Å². The van der Waals surface area contributed by atoms with Crippen molar-refractivity contribution < 1.29 is 9.59 Å². The fourth-order valence-electron chi connectivity index (χ4n) is 4.82. The van der Waals surface area contributed by atoms with E-state index in [1.54, 1.807) is 13.1 Å². The number of benzene rings is 2. The van der Waals surface area contributed by atoms with E-state index in [1.165, 1.54) is 5.56 Å². The molecule has 5 heteroatoms. The van der Waals surface area contributed by atoms with Crippen molar-refractivity contribution in [2.45, 2.75) is 58.3 Å². The Balaban J connectivity index is 1.64. The average molecular weight is 432 g/mol. The molecule has 5 nitrogen and oxygen atoms in total. The van der Waals surface area contributed by atoms with Gasteiger partial charge in [0.05, 0.1) is 11.6 Å². The second kappa shape index (κ2) is 10.9. The van der Waals surface area contributed by atoms with Crippen LogP contribution in [-0.2, 0) is 0 Å². The van der Waals surface area contributed by atoms with E-state index in [0.29, 0.717) is 28.7 Å². The minimum Gasteiger partial charge on any atom is -0.341 e. The molecule has 0 saturated heterocycles. The number of amides is 2. The molecule has 1 aliphatic carbocycles. The van der Waals surface area contributed by atoms with Gasteiger partial charge in [-0.1, -0.05) is 38.0 Å². The van der Waals surface area contributed by atoms with Gasteiger partial charge in [0.25, 0.3) is 0 Å². The molecule has 0 bridgehead atoms. The van der Waals surface area contributed by atoms with E-state index < -0.39 is 0 Å². The summed E-state index contributed by atoms with van der Waals surface area (Å²) >= 11 is 0. The Morgan fingerprint density at radius 2 is 1.69 bits per heavy atom. The maximum absolute atomic E-state index is 13.4. The summed E-state index contributed by atoms with van der Waals surface area (Å²) in [6.45, 7) is 4.01. The fraction of sp³-hybridized carbons (Fsp3) is 0.444. The van der Waals surface area contributed by atoms with Crippen LogP contribution in [0, 0.1) is 30.1 Å². The lowest BCUT2D eigenvalue weighted by Crippen LogP contribution is -2.25. The number of hydrogen-bond acceptors (Lipinski definition) is 3. The minimum absolute atomic E-state index is 0.0459. The number of hydrogen-bond donors (Lipinski definition) is 2.